The van der Waals surface area contributed by atoms with E-state index < -0.39 is 11.7 Å². The van der Waals surface area contributed by atoms with Crippen LogP contribution in [0.4, 0.5) is 0 Å². The number of aromatic nitrogens is 1. The van der Waals surface area contributed by atoms with E-state index in [1.807, 2.05) is 26.2 Å². The third kappa shape index (κ3) is 3.00. The molecule has 1 aromatic heterocycles. The SMILES string of the molecule is CCC(C)(OC)C(O)Cc1csc(C)n1. The van der Waals surface area contributed by atoms with Crippen LogP contribution in [-0.2, 0) is 11.2 Å². The second kappa shape index (κ2) is 5.05. The van der Waals surface area contributed by atoms with Crippen LogP contribution in [-0.4, -0.2) is 28.9 Å². The molecule has 1 rings (SSSR count). The topological polar surface area (TPSA) is 42.4 Å². The molecule has 0 amide bonds. The van der Waals surface area contributed by atoms with Gasteiger partial charge in [-0.15, -0.1) is 11.3 Å². The first kappa shape index (κ1) is 12.6. The summed E-state index contributed by atoms with van der Waals surface area (Å²) in [5.41, 5.74) is 0.471. The van der Waals surface area contributed by atoms with Gasteiger partial charge in [-0.05, 0) is 20.3 Å². The molecule has 2 atom stereocenters. The zero-order valence-electron chi connectivity index (χ0n) is 9.78. The quantitative estimate of drug-likeness (QED) is 0.841. The molecule has 0 aliphatic carbocycles. The number of ether oxygens (including phenoxy) is 1. The lowest BCUT2D eigenvalue weighted by molar-refractivity contribution is -0.0917. The first-order chi connectivity index (χ1) is 7.01. The Hall–Kier alpha value is -0.450. The Morgan fingerprint density at radius 1 is 1.67 bits per heavy atom. The molecule has 15 heavy (non-hydrogen) atoms. The number of aliphatic hydroxyl groups is 1. The molecule has 0 aromatic carbocycles. The fraction of sp³-hybridized carbons (Fsp3) is 0.727. The van der Waals surface area contributed by atoms with Gasteiger partial charge in [-0.3, -0.25) is 0 Å². The van der Waals surface area contributed by atoms with Gasteiger partial charge in [0, 0.05) is 18.9 Å². The van der Waals surface area contributed by atoms with Gasteiger partial charge < -0.3 is 9.84 Å². The fourth-order valence-electron chi connectivity index (χ4n) is 1.43. The number of nitrogens with zero attached hydrogens (tertiary/aromatic N) is 1. The van der Waals surface area contributed by atoms with Crippen LogP contribution in [0.5, 0.6) is 0 Å². The highest BCUT2D eigenvalue weighted by molar-refractivity contribution is 7.09. The third-order valence-electron chi connectivity index (χ3n) is 2.94. The Kier molecular flexibility index (Phi) is 4.25. The molecule has 0 aliphatic rings. The van der Waals surface area contributed by atoms with Crippen molar-refractivity contribution in [2.24, 2.45) is 0 Å². The Morgan fingerprint density at radius 3 is 2.73 bits per heavy atom. The van der Waals surface area contributed by atoms with Crippen LogP contribution in [0.25, 0.3) is 0 Å². The van der Waals surface area contributed by atoms with Crippen molar-refractivity contribution < 1.29 is 9.84 Å². The highest BCUT2D eigenvalue weighted by Crippen LogP contribution is 2.22. The molecule has 0 bridgehead atoms. The van der Waals surface area contributed by atoms with Gasteiger partial charge >= 0.3 is 0 Å². The normalized spacial score (nSPS) is 17.4. The van der Waals surface area contributed by atoms with Crippen molar-refractivity contribution in [3.63, 3.8) is 0 Å². The smallest absolute Gasteiger partial charge is 0.0909 e. The number of hydrogen-bond donors (Lipinski definition) is 1. The van der Waals surface area contributed by atoms with Crippen LogP contribution in [0.15, 0.2) is 5.38 Å². The van der Waals surface area contributed by atoms with Gasteiger partial charge in [0.1, 0.15) is 0 Å². The molecule has 0 aliphatic heterocycles. The molecule has 1 heterocycles. The minimum atomic E-state index is -0.506. The van der Waals surface area contributed by atoms with E-state index in [2.05, 4.69) is 4.98 Å². The highest BCUT2D eigenvalue weighted by atomic mass is 32.1. The average molecular weight is 229 g/mol. The second-order valence-corrected chi connectivity index (χ2v) is 5.01. The van der Waals surface area contributed by atoms with Crippen LogP contribution in [0.2, 0.25) is 0 Å². The summed E-state index contributed by atoms with van der Waals surface area (Å²) in [5.74, 6) is 0. The first-order valence-corrected chi connectivity index (χ1v) is 6.04. The standard InChI is InChI=1S/C11H19NO2S/c1-5-11(3,14-4)10(13)6-9-7-15-8(2)12-9/h7,10,13H,5-6H2,1-4H3. The molecular weight excluding hydrogens is 210 g/mol. The largest absolute Gasteiger partial charge is 0.390 e. The average Bonchev–Trinajstić information content (AvgIpc) is 2.62. The van der Waals surface area contributed by atoms with Crippen molar-refractivity contribution in [1.82, 2.24) is 4.98 Å². The zero-order chi connectivity index (χ0) is 11.5. The molecule has 86 valence electrons. The van der Waals surface area contributed by atoms with Crippen LogP contribution in [0.3, 0.4) is 0 Å². The molecule has 1 aromatic rings. The Balaban J connectivity index is 2.65. The summed E-state index contributed by atoms with van der Waals surface area (Å²) in [6.07, 6.45) is 0.838. The fourth-order valence-corrected chi connectivity index (χ4v) is 2.06. The third-order valence-corrected chi connectivity index (χ3v) is 3.76. The highest BCUT2D eigenvalue weighted by Gasteiger charge is 2.31. The molecule has 1 N–H and O–H groups in total. The maximum absolute atomic E-state index is 10.1. The maximum Gasteiger partial charge on any atom is 0.0909 e. The second-order valence-electron chi connectivity index (χ2n) is 3.95. The molecule has 0 saturated heterocycles. The summed E-state index contributed by atoms with van der Waals surface area (Å²) in [5, 5.41) is 13.1. The van der Waals surface area contributed by atoms with Gasteiger partial charge in [0.25, 0.3) is 0 Å². The number of rotatable bonds is 5. The Labute approximate surface area is 95.1 Å². The van der Waals surface area contributed by atoms with Gasteiger partial charge in [0.15, 0.2) is 0 Å². The molecule has 0 fully saturated rings. The van der Waals surface area contributed by atoms with E-state index in [-0.39, 0.29) is 0 Å². The molecule has 3 nitrogen and oxygen atoms in total. The molecular formula is C11H19NO2S. The van der Waals surface area contributed by atoms with Crippen LogP contribution >= 0.6 is 11.3 Å². The molecule has 0 spiro atoms. The zero-order valence-corrected chi connectivity index (χ0v) is 10.6. The lowest BCUT2D eigenvalue weighted by atomic mass is 9.92. The summed E-state index contributed by atoms with van der Waals surface area (Å²) < 4.78 is 5.35. The van der Waals surface area contributed by atoms with Gasteiger partial charge in [-0.1, -0.05) is 6.92 Å². The van der Waals surface area contributed by atoms with E-state index in [1.54, 1.807) is 18.4 Å². The van der Waals surface area contributed by atoms with E-state index in [4.69, 9.17) is 4.74 Å². The lowest BCUT2D eigenvalue weighted by Gasteiger charge is -2.31. The van der Waals surface area contributed by atoms with E-state index >= 15 is 0 Å². The van der Waals surface area contributed by atoms with E-state index in [1.165, 1.54) is 0 Å². The molecule has 0 radical (unpaired) electrons. The summed E-state index contributed by atoms with van der Waals surface area (Å²) >= 11 is 1.61. The Bertz CT molecular complexity index is 307. The number of aryl methyl sites for hydroxylation is 1. The maximum atomic E-state index is 10.1. The number of thiazole rings is 1. The molecule has 4 heteroatoms. The minimum Gasteiger partial charge on any atom is -0.390 e. The first-order valence-electron chi connectivity index (χ1n) is 5.16. The van der Waals surface area contributed by atoms with Crippen molar-refractivity contribution >= 4 is 11.3 Å². The van der Waals surface area contributed by atoms with Crippen molar-refractivity contribution in [2.45, 2.75) is 45.3 Å². The van der Waals surface area contributed by atoms with Crippen molar-refractivity contribution in [3.8, 4) is 0 Å². The molecule has 2 unspecified atom stereocenters. The monoisotopic (exact) mass is 229 g/mol. The van der Waals surface area contributed by atoms with Crippen LogP contribution in [0, 0.1) is 6.92 Å². The predicted molar refractivity (Wildman–Crippen MR) is 62.3 cm³/mol. The van der Waals surface area contributed by atoms with Crippen LogP contribution in [0.1, 0.15) is 31.0 Å². The number of aliphatic hydroxyl groups excluding tert-OH is 1. The predicted octanol–water partition coefficient (Wildman–Crippen LogP) is 2.17. The van der Waals surface area contributed by atoms with E-state index in [9.17, 15) is 5.11 Å². The van der Waals surface area contributed by atoms with Gasteiger partial charge in [0.05, 0.1) is 22.4 Å². The number of methoxy groups -OCH3 is 1. The Morgan fingerprint density at radius 2 is 2.33 bits per heavy atom. The van der Waals surface area contributed by atoms with Crippen LogP contribution < -0.4 is 0 Å². The van der Waals surface area contributed by atoms with E-state index in [0.29, 0.717) is 6.42 Å². The summed E-state index contributed by atoms with van der Waals surface area (Å²) in [6, 6.07) is 0. The minimum absolute atomic E-state index is 0.475. The van der Waals surface area contributed by atoms with Gasteiger partial charge in [-0.2, -0.15) is 0 Å². The summed E-state index contributed by atoms with van der Waals surface area (Å²) in [4.78, 5) is 4.34. The van der Waals surface area contributed by atoms with Crippen molar-refractivity contribution in [1.29, 1.82) is 0 Å². The number of hydrogen-bond acceptors (Lipinski definition) is 4. The summed E-state index contributed by atoms with van der Waals surface area (Å²) in [6.45, 7) is 5.91. The lowest BCUT2D eigenvalue weighted by Crippen LogP contribution is -2.42. The van der Waals surface area contributed by atoms with Crippen molar-refractivity contribution in [2.75, 3.05) is 7.11 Å². The van der Waals surface area contributed by atoms with E-state index in [0.717, 1.165) is 17.1 Å². The van der Waals surface area contributed by atoms with Gasteiger partial charge in [0.2, 0.25) is 0 Å². The van der Waals surface area contributed by atoms with Gasteiger partial charge in [-0.25, -0.2) is 4.98 Å². The van der Waals surface area contributed by atoms with Crippen molar-refractivity contribution in [3.05, 3.63) is 16.1 Å². The summed E-state index contributed by atoms with van der Waals surface area (Å²) in [7, 11) is 1.64. The molecule has 0 saturated carbocycles.